The number of hydrogen-bond donors (Lipinski definition) is 1. The summed E-state index contributed by atoms with van der Waals surface area (Å²) in [5.41, 5.74) is 0.479. The van der Waals surface area contributed by atoms with Gasteiger partial charge in [-0.2, -0.15) is 0 Å². The zero-order valence-electron chi connectivity index (χ0n) is 21.6. The topological polar surface area (TPSA) is 147 Å². The van der Waals surface area contributed by atoms with Gasteiger partial charge in [0.25, 0.3) is 17.5 Å². The number of urea groups is 1. The van der Waals surface area contributed by atoms with Gasteiger partial charge in [-0.05, 0) is 67.1 Å². The molecule has 0 spiro atoms. The number of nitrogens with zero attached hydrogens (tertiary/aromatic N) is 2. The molecule has 12 nitrogen and oxygen atoms in total. The van der Waals surface area contributed by atoms with E-state index < -0.39 is 22.8 Å². The van der Waals surface area contributed by atoms with Crippen LogP contribution in [-0.2, 0) is 9.59 Å². The lowest BCUT2D eigenvalue weighted by atomic mass is 10.1. The molecule has 4 amide bonds. The normalized spacial score (nSPS) is 14.1. The minimum Gasteiger partial charge on any atom is -0.497 e. The predicted molar refractivity (Wildman–Crippen MR) is 144 cm³/mol. The van der Waals surface area contributed by atoms with Crippen molar-refractivity contribution in [2.45, 2.75) is 6.92 Å². The third-order valence-electron chi connectivity index (χ3n) is 5.67. The van der Waals surface area contributed by atoms with Gasteiger partial charge in [0.1, 0.15) is 30.3 Å². The minimum atomic E-state index is -0.855. The van der Waals surface area contributed by atoms with Crippen LogP contribution in [0.1, 0.15) is 12.5 Å². The van der Waals surface area contributed by atoms with Gasteiger partial charge >= 0.3 is 6.03 Å². The molecular formula is C28H25N3O9. The fourth-order valence-corrected chi connectivity index (χ4v) is 3.77. The van der Waals surface area contributed by atoms with Gasteiger partial charge in [-0.25, -0.2) is 9.69 Å². The average Bonchev–Trinajstić information content (AvgIpc) is 2.95. The second-order valence-corrected chi connectivity index (χ2v) is 8.24. The van der Waals surface area contributed by atoms with Crippen molar-refractivity contribution in [1.29, 1.82) is 0 Å². The highest BCUT2D eigenvalue weighted by atomic mass is 16.6. The van der Waals surface area contributed by atoms with E-state index in [-0.39, 0.29) is 30.2 Å². The number of barbiturate groups is 1. The number of nitro benzene ring substituents is 1. The largest absolute Gasteiger partial charge is 0.497 e. The van der Waals surface area contributed by atoms with Gasteiger partial charge in [0, 0.05) is 12.1 Å². The van der Waals surface area contributed by atoms with Gasteiger partial charge < -0.3 is 18.9 Å². The van der Waals surface area contributed by atoms with Crippen LogP contribution in [0.25, 0.3) is 6.08 Å². The predicted octanol–water partition coefficient (Wildman–Crippen LogP) is 4.13. The van der Waals surface area contributed by atoms with Crippen LogP contribution >= 0.6 is 0 Å². The van der Waals surface area contributed by atoms with Crippen molar-refractivity contribution in [3.63, 3.8) is 0 Å². The summed E-state index contributed by atoms with van der Waals surface area (Å²) in [6, 6.07) is 16.0. The average molecular weight is 548 g/mol. The number of amides is 4. The SMILES string of the molecule is CCOc1cc(C=C2C(=O)NC(=O)N(c3ccc(OC)cc3)C2=O)ccc1OCCOc1ccc([N+](=O)[O-])cc1. The lowest BCUT2D eigenvalue weighted by molar-refractivity contribution is -0.384. The van der Waals surface area contributed by atoms with Gasteiger partial charge in [-0.15, -0.1) is 0 Å². The van der Waals surface area contributed by atoms with E-state index in [1.165, 1.54) is 49.6 Å². The van der Waals surface area contributed by atoms with Crippen molar-refractivity contribution in [1.82, 2.24) is 5.32 Å². The summed E-state index contributed by atoms with van der Waals surface area (Å²) >= 11 is 0. The van der Waals surface area contributed by atoms with Crippen LogP contribution < -0.4 is 29.2 Å². The number of hydrogen-bond acceptors (Lipinski definition) is 9. The summed E-state index contributed by atoms with van der Waals surface area (Å²) in [5, 5.41) is 13.0. The molecule has 206 valence electrons. The summed E-state index contributed by atoms with van der Waals surface area (Å²) in [6.45, 7) is 2.44. The third-order valence-corrected chi connectivity index (χ3v) is 5.67. The molecule has 12 heteroatoms. The molecule has 0 unspecified atom stereocenters. The van der Waals surface area contributed by atoms with Gasteiger partial charge in [0.15, 0.2) is 11.5 Å². The number of ether oxygens (including phenoxy) is 4. The quantitative estimate of drug-likeness (QED) is 0.123. The second kappa shape index (κ2) is 12.4. The van der Waals surface area contributed by atoms with Crippen LogP contribution in [0, 0.1) is 10.1 Å². The van der Waals surface area contributed by atoms with E-state index in [0.29, 0.717) is 35.2 Å². The van der Waals surface area contributed by atoms with Gasteiger partial charge in [-0.3, -0.25) is 25.0 Å². The van der Waals surface area contributed by atoms with Crippen LogP contribution in [0.4, 0.5) is 16.2 Å². The first-order chi connectivity index (χ1) is 19.3. The zero-order chi connectivity index (χ0) is 28.6. The number of carbonyl (C=O) groups excluding carboxylic acids is 3. The molecule has 1 fully saturated rings. The first-order valence-electron chi connectivity index (χ1n) is 12.1. The van der Waals surface area contributed by atoms with Crippen molar-refractivity contribution in [2.24, 2.45) is 0 Å². The highest BCUT2D eigenvalue weighted by Crippen LogP contribution is 2.31. The molecular weight excluding hydrogens is 522 g/mol. The van der Waals surface area contributed by atoms with E-state index in [0.717, 1.165) is 4.90 Å². The Morgan fingerprint density at radius 1 is 0.875 bits per heavy atom. The van der Waals surface area contributed by atoms with Crippen molar-refractivity contribution in [3.05, 3.63) is 88.0 Å². The number of anilines is 1. The number of nitro groups is 1. The third kappa shape index (κ3) is 6.35. The molecule has 4 rings (SSSR count). The van der Waals surface area contributed by atoms with E-state index >= 15 is 0 Å². The molecule has 3 aromatic carbocycles. The Labute approximate surface area is 228 Å². The van der Waals surface area contributed by atoms with E-state index in [1.54, 1.807) is 37.3 Å². The lowest BCUT2D eigenvalue weighted by Gasteiger charge is -2.26. The Hall–Kier alpha value is -5.39. The van der Waals surface area contributed by atoms with Crippen LogP contribution in [0.5, 0.6) is 23.0 Å². The molecule has 1 aliphatic heterocycles. The summed E-state index contributed by atoms with van der Waals surface area (Å²) in [5.74, 6) is 0.190. The Morgan fingerprint density at radius 2 is 1.55 bits per heavy atom. The van der Waals surface area contributed by atoms with Crippen LogP contribution in [0.15, 0.2) is 72.3 Å². The van der Waals surface area contributed by atoms with Crippen LogP contribution in [0.2, 0.25) is 0 Å². The Balaban J connectivity index is 1.47. The summed E-state index contributed by atoms with van der Waals surface area (Å²) in [4.78, 5) is 49.3. The zero-order valence-corrected chi connectivity index (χ0v) is 21.6. The van der Waals surface area contributed by atoms with Gasteiger partial charge in [-0.1, -0.05) is 6.07 Å². The number of benzene rings is 3. The maximum atomic E-state index is 13.2. The fourth-order valence-electron chi connectivity index (χ4n) is 3.77. The van der Waals surface area contributed by atoms with E-state index in [9.17, 15) is 24.5 Å². The molecule has 1 saturated heterocycles. The molecule has 0 radical (unpaired) electrons. The molecule has 0 atom stereocenters. The maximum Gasteiger partial charge on any atom is 0.335 e. The van der Waals surface area contributed by atoms with Gasteiger partial charge in [0.05, 0.1) is 24.3 Å². The fraction of sp³-hybridized carbons (Fsp3) is 0.179. The molecule has 0 aromatic heterocycles. The Morgan fingerprint density at radius 3 is 2.20 bits per heavy atom. The molecule has 1 N–H and O–H groups in total. The molecule has 0 aliphatic carbocycles. The van der Waals surface area contributed by atoms with Crippen LogP contribution in [0.3, 0.4) is 0 Å². The highest BCUT2D eigenvalue weighted by Gasteiger charge is 2.36. The molecule has 0 saturated carbocycles. The molecule has 1 heterocycles. The maximum absolute atomic E-state index is 13.2. The first kappa shape index (κ1) is 27.6. The second-order valence-electron chi connectivity index (χ2n) is 8.24. The van der Waals surface area contributed by atoms with Gasteiger partial charge in [0.2, 0.25) is 0 Å². The first-order valence-corrected chi connectivity index (χ1v) is 12.1. The monoisotopic (exact) mass is 547 g/mol. The molecule has 0 bridgehead atoms. The lowest BCUT2D eigenvalue weighted by Crippen LogP contribution is -2.54. The number of non-ortho nitro benzene ring substituents is 1. The van der Waals surface area contributed by atoms with Crippen molar-refractivity contribution in [2.75, 3.05) is 31.8 Å². The van der Waals surface area contributed by atoms with Crippen molar-refractivity contribution >= 4 is 35.3 Å². The number of imide groups is 2. The van der Waals surface area contributed by atoms with Crippen LogP contribution in [-0.4, -0.2) is 49.7 Å². The smallest absolute Gasteiger partial charge is 0.335 e. The van der Waals surface area contributed by atoms with E-state index in [2.05, 4.69) is 5.32 Å². The molecule has 40 heavy (non-hydrogen) atoms. The molecule has 3 aromatic rings. The highest BCUT2D eigenvalue weighted by molar-refractivity contribution is 6.39. The number of methoxy groups -OCH3 is 1. The summed E-state index contributed by atoms with van der Waals surface area (Å²) in [6.07, 6.45) is 1.37. The number of carbonyl (C=O) groups is 3. The minimum absolute atomic E-state index is 0.0348. The Kier molecular flexibility index (Phi) is 8.59. The number of rotatable bonds is 11. The van der Waals surface area contributed by atoms with E-state index in [1.807, 2.05) is 0 Å². The van der Waals surface area contributed by atoms with Crippen molar-refractivity contribution in [3.8, 4) is 23.0 Å². The molecule has 1 aliphatic rings. The summed E-state index contributed by atoms with van der Waals surface area (Å²) < 4.78 is 22.1. The summed E-state index contributed by atoms with van der Waals surface area (Å²) in [7, 11) is 1.50. The van der Waals surface area contributed by atoms with Crippen molar-refractivity contribution < 1.29 is 38.3 Å². The standard InChI is InChI=1S/C28H25N3O9/c1-3-38-25-17-18(4-13-24(25)40-15-14-39-22-11-7-20(8-12-22)31(35)36)16-23-26(32)29-28(34)30(27(23)33)19-5-9-21(37-2)10-6-19/h4-13,16-17H,3,14-15H2,1-2H3,(H,29,32,34). The van der Waals surface area contributed by atoms with E-state index in [4.69, 9.17) is 18.9 Å². The number of nitrogens with one attached hydrogen (secondary N) is 1. The Bertz CT molecular complexity index is 1450.